The van der Waals surface area contributed by atoms with Crippen LogP contribution in [0.15, 0.2) is 48.5 Å². The van der Waals surface area contributed by atoms with Crippen molar-refractivity contribution in [1.29, 1.82) is 0 Å². The van der Waals surface area contributed by atoms with Crippen molar-refractivity contribution in [2.24, 2.45) is 0 Å². The lowest BCUT2D eigenvalue weighted by atomic mass is 10.1. The molecule has 0 fully saturated rings. The van der Waals surface area contributed by atoms with E-state index in [0.717, 1.165) is 17.4 Å². The molecule has 0 saturated heterocycles. The maximum atomic E-state index is 13.5. The second-order valence-corrected chi connectivity index (χ2v) is 6.76. The Morgan fingerprint density at radius 2 is 1.71 bits per heavy atom. The monoisotopic (exact) mass is 410 g/mol. The van der Waals surface area contributed by atoms with Gasteiger partial charge in [0.25, 0.3) is 0 Å². The van der Waals surface area contributed by atoms with Gasteiger partial charge < -0.3 is 14.6 Å². The minimum atomic E-state index is -4.58. The van der Waals surface area contributed by atoms with E-state index in [2.05, 4.69) is 10.2 Å². The summed E-state index contributed by atoms with van der Waals surface area (Å²) in [5, 5.41) is 17.6. The van der Waals surface area contributed by atoms with Crippen LogP contribution in [-0.4, -0.2) is 35.1 Å². The van der Waals surface area contributed by atoms with Crippen molar-refractivity contribution < 1.29 is 27.8 Å². The fraction of sp³-hybridized carbons (Fsp3) is 0.263. The molecule has 1 heterocycles. The van der Waals surface area contributed by atoms with E-state index in [9.17, 15) is 13.2 Å². The minimum absolute atomic E-state index is 0.0310. The average molecular weight is 410 g/mol. The summed E-state index contributed by atoms with van der Waals surface area (Å²) in [5.41, 5.74) is -0.592. The van der Waals surface area contributed by atoms with Crippen molar-refractivity contribution in [2.75, 3.05) is 19.8 Å². The molecule has 0 radical (unpaired) electrons. The zero-order valence-corrected chi connectivity index (χ0v) is 15.5. The molecule has 0 amide bonds. The maximum Gasteiger partial charge on any atom is 0.419 e. The second kappa shape index (κ2) is 9.03. The van der Waals surface area contributed by atoms with Gasteiger partial charge in [-0.15, -0.1) is 10.2 Å². The summed E-state index contributed by atoms with van der Waals surface area (Å²) >= 11 is 1.14. The number of benzene rings is 2. The highest BCUT2D eigenvalue weighted by atomic mass is 32.1. The molecule has 0 aliphatic heterocycles. The van der Waals surface area contributed by atoms with Crippen LogP contribution in [0.1, 0.15) is 10.6 Å². The third-order valence-corrected chi connectivity index (χ3v) is 4.71. The fourth-order valence-corrected chi connectivity index (χ4v) is 3.23. The summed E-state index contributed by atoms with van der Waals surface area (Å²) < 4.78 is 51.1. The summed E-state index contributed by atoms with van der Waals surface area (Å²) in [6.07, 6.45) is -4.27. The molecule has 0 bridgehead atoms. The summed E-state index contributed by atoms with van der Waals surface area (Å²) in [6.45, 7) is -0.0129. The van der Waals surface area contributed by atoms with Gasteiger partial charge in [0.15, 0.2) is 0 Å². The first-order valence-corrected chi connectivity index (χ1v) is 9.24. The van der Waals surface area contributed by atoms with Crippen LogP contribution in [0.5, 0.6) is 11.5 Å². The largest absolute Gasteiger partial charge is 0.490 e. The van der Waals surface area contributed by atoms with Gasteiger partial charge >= 0.3 is 6.18 Å². The Labute approximate surface area is 163 Å². The first-order valence-electron chi connectivity index (χ1n) is 8.43. The maximum absolute atomic E-state index is 13.5. The quantitative estimate of drug-likeness (QED) is 0.564. The van der Waals surface area contributed by atoms with E-state index in [0.29, 0.717) is 27.7 Å². The van der Waals surface area contributed by atoms with Crippen molar-refractivity contribution in [3.05, 3.63) is 59.1 Å². The summed E-state index contributed by atoms with van der Waals surface area (Å²) in [5.74, 6) is 0.348. The highest BCUT2D eigenvalue weighted by Crippen LogP contribution is 2.39. The highest BCUT2D eigenvalue weighted by molar-refractivity contribution is 7.14. The van der Waals surface area contributed by atoms with E-state index < -0.39 is 11.7 Å². The van der Waals surface area contributed by atoms with Crippen molar-refractivity contribution >= 4 is 11.3 Å². The van der Waals surface area contributed by atoms with Crippen LogP contribution >= 0.6 is 11.3 Å². The normalized spacial score (nSPS) is 11.4. The molecule has 148 valence electrons. The summed E-state index contributed by atoms with van der Waals surface area (Å²) in [6, 6.07) is 12.7. The van der Waals surface area contributed by atoms with Crippen LogP contribution in [0.4, 0.5) is 13.2 Å². The van der Waals surface area contributed by atoms with Crippen LogP contribution in [0.25, 0.3) is 10.6 Å². The van der Waals surface area contributed by atoms with Crippen LogP contribution < -0.4 is 9.47 Å². The zero-order chi connectivity index (χ0) is 20.0. The van der Waals surface area contributed by atoms with E-state index in [1.165, 1.54) is 12.1 Å². The first-order chi connectivity index (χ1) is 13.5. The third kappa shape index (κ3) is 5.20. The first kappa shape index (κ1) is 20.1. The molecular formula is C19H17F3N2O3S. The lowest BCUT2D eigenvalue weighted by Crippen LogP contribution is -2.13. The molecule has 2 aromatic carbocycles. The topological polar surface area (TPSA) is 64.5 Å². The van der Waals surface area contributed by atoms with E-state index in [-0.39, 0.29) is 25.6 Å². The van der Waals surface area contributed by atoms with Crippen LogP contribution in [0.2, 0.25) is 0 Å². The molecule has 0 atom stereocenters. The number of hydrogen-bond donors (Lipinski definition) is 1. The van der Waals surface area contributed by atoms with Gasteiger partial charge in [-0.1, -0.05) is 29.5 Å². The number of nitrogens with zero attached hydrogens (tertiary/aromatic N) is 2. The van der Waals surface area contributed by atoms with Crippen molar-refractivity contribution in [1.82, 2.24) is 10.2 Å². The number of aromatic nitrogens is 2. The van der Waals surface area contributed by atoms with Gasteiger partial charge in [0.2, 0.25) is 0 Å². The van der Waals surface area contributed by atoms with E-state index >= 15 is 0 Å². The molecule has 5 nitrogen and oxygen atoms in total. The van der Waals surface area contributed by atoms with E-state index in [1.807, 2.05) is 6.07 Å². The number of alkyl halides is 3. The SMILES string of the molecule is OCCc1nnc(-c2ccc(OCCOc3ccccc3)c(C(F)(F)F)c2)s1. The van der Waals surface area contributed by atoms with Crippen LogP contribution in [0.3, 0.4) is 0 Å². The van der Waals surface area contributed by atoms with Gasteiger partial charge in [0, 0.05) is 18.6 Å². The Balaban J connectivity index is 1.71. The molecule has 3 aromatic rings. The predicted octanol–water partition coefficient (Wildman–Crippen LogP) is 4.22. The number of para-hydroxylation sites is 1. The standard InChI is InChI=1S/C19H17F3N2O3S/c20-19(21,22)15-12-13(18-24-23-17(28-18)8-9-25)6-7-16(15)27-11-10-26-14-4-2-1-3-5-14/h1-7,12,25H,8-11H2. The number of aliphatic hydroxyl groups is 1. The smallest absolute Gasteiger partial charge is 0.419 e. The van der Waals surface area contributed by atoms with Crippen molar-refractivity contribution in [3.63, 3.8) is 0 Å². The average Bonchev–Trinajstić information content (AvgIpc) is 3.14. The molecular weight excluding hydrogens is 393 g/mol. The molecule has 28 heavy (non-hydrogen) atoms. The number of ether oxygens (including phenoxy) is 2. The van der Waals surface area contributed by atoms with Gasteiger partial charge in [0.1, 0.15) is 34.7 Å². The lowest BCUT2D eigenvalue weighted by Gasteiger charge is -2.15. The summed E-state index contributed by atoms with van der Waals surface area (Å²) in [7, 11) is 0. The molecule has 0 unspecified atom stereocenters. The number of rotatable bonds is 8. The predicted molar refractivity (Wildman–Crippen MR) is 98.6 cm³/mol. The Morgan fingerprint density at radius 3 is 2.43 bits per heavy atom. The fourth-order valence-electron chi connectivity index (χ4n) is 2.41. The van der Waals surface area contributed by atoms with Gasteiger partial charge in [0.05, 0.1) is 5.56 Å². The van der Waals surface area contributed by atoms with Gasteiger partial charge in [-0.2, -0.15) is 13.2 Å². The lowest BCUT2D eigenvalue weighted by molar-refractivity contribution is -0.139. The molecule has 0 saturated carbocycles. The Hall–Kier alpha value is -2.65. The number of hydrogen-bond acceptors (Lipinski definition) is 6. The van der Waals surface area contributed by atoms with Crippen LogP contribution in [0, 0.1) is 0 Å². The van der Waals surface area contributed by atoms with E-state index in [4.69, 9.17) is 14.6 Å². The molecule has 3 rings (SSSR count). The number of aliphatic hydroxyl groups excluding tert-OH is 1. The van der Waals surface area contributed by atoms with Gasteiger partial charge in [-0.3, -0.25) is 0 Å². The highest BCUT2D eigenvalue weighted by Gasteiger charge is 2.35. The van der Waals surface area contributed by atoms with Crippen LogP contribution in [-0.2, 0) is 12.6 Å². The molecule has 9 heteroatoms. The van der Waals surface area contributed by atoms with E-state index in [1.54, 1.807) is 24.3 Å². The van der Waals surface area contributed by atoms with Gasteiger partial charge in [-0.05, 0) is 30.3 Å². The summed E-state index contributed by atoms with van der Waals surface area (Å²) in [4.78, 5) is 0. The van der Waals surface area contributed by atoms with Crippen molar-refractivity contribution in [3.8, 4) is 22.1 Å². The zero-order valence-electron chi connectivity index (χ0n) is 14.6. The molecule has 0 aliphatic carbocycles. The van der Waals surface area contributed by atoms with Gasteiger partial charge in [-0.25, -0.2) is 0 Å². The Bertz CT molecular complexity index is 901. The van der Waals surface area contributed by atoms with Crippen molar-refractivity contribution in [2.45, 2.75) is 12.6 Å². The second-order valence-electron chi connectivity index (χ2n) is 5.69. The Kier molecular flexibility index (Phi) is 6.48. The third-order valence-electron chi connectivity index (χ3n) is 3.68. The molecule has 0 spiro atoms. The molecule has 0 aliphatic rings. The molecule has 1 aromatic heterocycles. The minimum Gasteiger partial charge on any atom is -0.490 e. The number of halogens is 3. The Morgan fingerprint density at radius 1 is 0.964 bits per heavy atom. The molecule has 1 N–H and O–H groups in total.